The minimum Gasteiger partial charge on any atom is -0.488 e. The van der Waals surface area contributed by atoms with Gasteiger partial charge in [-0.2, -0.15) is 13.2 Å². The number of halogens is 4. The van der Waals surface area contributed by atoms with Crippen LogP contribution in [0.15, 0.2) is 90.5 Å². The molecule has 0 aliphatic carbocycles. The molecule has 0 unspecified atom stereocenters. The molecule has 0 bridgehead atoms. The lowest BCUT2D eigenvalue weighted by atomic mass is 9.99. The van der Waals surface area contributed by atoms with E-state index in [0.29, 0.717) is 27.7 Å². The number of rotatable bonds is 5. The highest BCUT2D eigenvalue weighted by molar-refractivity contribution is 6.42. The van der Waals surface area contributed by atoms with E-state index in [4.69, 9.17) is 16.3 Å². The minimum absolute atomic E-state index is 0.194. The third kappa shape index (κ3) is 5.21. The van der Waals surface area contributed by atoms with E-state index >= 15 is 0 Å². The normalized spacial score (nSPS) is 15.1. The van der Waals surface area contributed by atoms with Gasteiger partial charge in [0.05, 0.1) is 16.3 Å². The quantitative estimate of drug-likeness (QED) is 0.220. The molecular formula is C29H18ClF3N2O4. The topological polar surface area (TPSA) is 75.7 Å². The summed E-state index contributed by atoms with van der Waals surface area (Å²) in [5, 5.41) is 3.17. The molecule has 0 aromatic heterocycles. The Hall–Kier alpha value is -4.63. The maximum absolute atomic E-state index is 13.5. The molecule has 39 heavy (non-hydrogen) atoms. The van der Waals surface area contributed by atoms with E-state index in [-0.39, 0.29) is 11.6 Å². The summed E-state index contributed by atoms with van der Waals surface area (Å²) in [5.41, 5.74) is -0.843. The number of nitrogens with one attached hydrogen (secondary N) is 1. The zero-order valence-corrected chi connectivity index (χ0v) is 20.7. The van der Waals surface area contributed by atoms with E-state index in [2.05, 4.69) is 0 Å². The SMILES string of the molecule is O=C1NC(=O)N(c2cc(C(F)(F)F)ccc2Cl)C(=O)/C1=C/c1c(OCc2ccccc2)ccc2ccccc12. The lowest BCUT2D eigenvalue weighted by Gasteiger charge is -2.27. The molecule has 6 nitrogen and oxygen atoms in total. The smallest absolute Gasteiger partial charge is 0.416 e. The molecule has 1 N–H and O–H groups in total. The molecule has 4 amide bonds. The summed E-state index contributed by atoms with van der Waals surface area (Å²) in [6.07, 6.45) is -3.49. The van der Waals surface area contributed by atoms with Crippen LogP contribution in [0, 0.1) is 0 Å². The molecule has 0 spiro atoms. The van der Waals surface area contributed by atoms with Crippen LogP contribution in [0.5, 0.6) is 5.75 Å². The highest BCUT2D eigenvalue weighted by atomic mass is 35.5. The summed E-state index contributed by atoms with van der Waals surface area (Å²) in [4.78, 5) is 39.4. The van der Waals surface area contributed by atoms with Crippen molar-refractivity contribution in [1.82, 2.24) is 5.32 Å². The molecule has 5 rings (SSSR count). The van der Waals surface area contributed by atoms with Crippen LogP contribution in [0.25, 0.3) is 16.8 Å². The molecule has 0 radical (unpaired) electrons. The Balaban J connectivity index is 1.60. The number of benzene rings is 4. The molecule has 0 saturated carbocycles. The number of carbonyl (C=O) groups is 3. The van der Waals surface area contributed by atoms with Crippen molar-refractivity contribution in [1.29, 1.82) is 0 Å². The Morgan fingerprint density at radius 1 is 0.897 bits per heavy atom. The van der Waals surface area contributed by atoms with E-state index in [9.17, 15) is 27.6 Å². The number of alkyl halides is 3. The number of carbonyl (C=O) groups excluding carboxylic acids is 3. The standard InChI is InChI=1S/C29H18ClF3N2O4/c30-23-12-11-19(29(31,32)33)14-24(23)35-27(37)22(26(36)34-28(35)38)15-21-20-9-5-4-8-18(20)10-13-25(21)39-16-17-6-2-1-3-7-17/h1-15H,16H2,(H,34,36,38)/b22-15+. The van der Waals surface area contributed by atoms with Gasteiger partial charge in [0.1, 0.15) is 17.9 Å². The second-order valence-corrected chi connectivity index (χ2v) is 9.00. The van der Waals surface area contributed by atoms with Crippen LogP contribution < -0.4 is 15.0 Å². The van der Waals surface area contributed by atoms with Crippen LogP contribution in [0.4, 0.5) is 23.7 Å². The van der Waals surface area contributed by atoms with Crippen molar-refractivity contribution < 1.29 is 32.3 Å². The van der Waals surface area contributed by atoms with Crippen LogP contribution in [-0.2, 0) is 22.4 Å². The Labute approximate surface area is 225 Å². The first kappa shape index (κ1) is 26.0. The van der Waals surface area contributed by atoms with E-state index < -0.39 is 40.8 Å². The van der Waals surface area contributed by atoms with Crippen molar-refractivity contribution in [3.63, 3.8) is 0 Å². The number of ether oxygens (including phenoxy) is 1. The third-order valence-corrected chi connectivity index (χ3v) is 6.39. The Morgan fingerprint density at radius 2 is 1.62 bits per heavy atom. The highest BCUT2D eigenvalue weighted by Crippen LogP contribution is 2.37. The van der Waals surface area contributed by atoms with Gasteiger partial charge in [0, 0.05) is 5.56 Å². The lowest BCUT2D eigenvalue weighted by Crippen LogP contribution is -2.54. The molecule has 10 heteroatoms. The fraction of sp³-hybridized carbons (Fsp3) is 0.0690. The average Bonchev–Trinajstić information content (AvgIpc) is 2.91. The van der Waals surface area contributed by atoms with Gasteiger partial charge in [-0.25, -0.2) is 9.69 Å². The van der Waals surface area contributed by atoms with Crippen molar-refractivity contribution in [2.45, 2.75) is 12.8 Å². The first-order valence-electron chi connectivity index (χ1n) is 11.6. The van der Waals surface area contributed by atoms with Gasteiger partial charge in [-0.05, 0) is 46.7 Å². The van der Waals surface area contributed by atoms with Gasteiger partial charge in [0.15, 0.2) is 0 Å². The molecule has 1 fully saturated rings. The number of fused-ring (bicyclic) bond motifs is 1. The molecule has 1 saturated heterocycles. The Bertz CT molecular complexity index is 1650. The van der Waals surface area contributed by atoms with Crippen molar-refractivity contribution in [3.05, 3.63) is 112 Å². The predicted octanol–water partition coefficient (Wildman–Crippen LogP) is 6.76. The summed E-state index contributed by atoms with van der Waals surface area (Å²) in [6.45, 7) is 0.194. The highest BCUT2D eigenvalue weighted by Gasteiger charge is 2.39. The number of amides is 4. The number of anilines is 1. The van der Waals surface area contributed by atoms with Crippen molar-refractivity contribution >= 4 is 52.0 Å². The maximum Gasteiger partial charge on any atom is 0.416 e. The Morgan fingerprint density at radius 3 is 2.36 bits per heavy atom. The summed E-state index contributed by atoms with van der Waals surface area (Å²) in [5.74, 6) is -1.79. The van der Waals surface area contributed by atoms with Crippen molar-refractivity contribution in [2.24, 2.45) is 0 Å². The molecule has 0 atom stereocenters. The Kier molecular flexibility index (Phi) is 6.84. The maximum atomic E-state index is 13.5. The van der Waals surface area contributed by atoms with Gasteiger partial charge >= 0.3 is 12.2 Å². The van der Waals surface area contributed by atoms with Gasteiger partial charge in [-0.1, -0.05) is 72.3 Å². The zero-order chi connectivity index (χ0) is 27.7. The summed E-state index contributed by atoms with van der Waals surface area (Å²) >= 11 is 6.09. The van der Waals surface area contributed by atoms with E-state index in [0.717, 1.165) is 23.1 Å². The van der Waals surface area contributed by atoms with Crippen LogP contribution in [0.3, 0.4) is 0 Å². The summed E-state index contributed by atoms with van der Waals surface area (Å²) in [6, 6.07) is 21.1. The van der Waals surface area contributed by atoms with E-state index in [1.54, 1.807) is 18.2 Å². The first-order chi connectivity index (χ1) is 18.6. The number of nitrogens with zero attached hydrogens (tertiary/aromatic N) is 1. The third-order valence-electron chi connectivity index (χ3n) is 6.07. The van der Waals surface area contributed by atoms with Crippen LogP contribution in [0.2, 0.25) is 5.02 Å². The number of barbiturate groups is 1. The van der Waals surface area contributed by atoms with Crippen molar-refractivity contribution in [3.8, 4) is 5.75 Å². The monoisotopic (exact) mass is 550 g/mol. The van der Waals surface area contributed by atoms with Gasteiger partial charge in [0.25, 0.3) is 11.8 Å². The van der Waals surface area contributed by atoms with E-state index in [1.165, 1.54) is 6.08 Å². The minimum atomic E-state index is -4.75. The summed E-state index contributed by atoms with van der Waals surface area (Å²) < 4.78 is 46.1. The fourth-order valence-electron chi connectivity index (χ4n) is 4.17. The number of hydrogen-bond acceptors (Lipinski definition) is 4. The fourth-order valence-corrected chi connectivity index (χ4v) is 4.37. The molecule has 1 aliphatic rings. The predicted molar refractivity (Wildman–Crippen MR) is 140 cm³/mol. The van der Waals surface area contributed by atoms with Gasteiger partial charge in [0.2, 0.25) is 0 Å². The van der Waals surface area contributed by atoms with Gasteiger partial charge in [-0.15, -0.1) is 0 Å². The molecule has 4 aromatic carbocycles. The van der Waals surface area contributed by atoms with Crippen LogP contribution >= 0.6 is 11.6 Å². The molecule has 4 aromatic rings. The molecular weight excluding hydrogens is 533 g/mol. The zero-order valence-electron chi connectivity index (χ0n) is 20.0. The lowest BCUT2D eigenvalue weighted by molar-refractivity contribution is -0.137. The van der Waals surface area contributed by atoms with Crippen LogP contribution in [-0.4, -0.2) is 17.8 Å². The van der Waals surface area contributed by atoms with Gasteiger partial charge < -0.3 is 4.74 Å². The van der Waals surface area contributed by atoms with Gasteiger partial charge in [-0.3, -0.25) is 14.9 Å². The second-order valence-electron chi connectivity index (χ2n) is 8.59. The number of urea groups is 1. The van der Waals surface area contributed by atoms with Crippen LogP contribution in [0.1, 0.15) is 16.7 Å². The van der Waals surface area contributed by atoms with E-state index in [1.807, 2.05) is 53.8 Å². The largest absolute Gasteiger partial charge is 0.488 e. The molecule has 1 aliphatic heterocycles. The molecule has 196 valence electrons. The second kappa shape index (κ2) is 10.3. The number of hydrogen-bond donors (Lipinski definition) is 1. The first-order valence-corrected chi connectivity index (χ1v) is 12.0. The summed E-state index contributed by atoms with van der Waals surface area (Å²) in [7, 11) is 0. The average molecular weight is 551 g/mol. The van der Waals surface area contributed by atoms with Crippen molar-refractivity contribution in [2.75, 3.05) is 4.90 Å². The molecule has 1 heterocycles. The number of imide groups is 2.